The minimum absolute atomic E-state index is 0.108. The van der Waals surface area contributed by atoms with Crippen LogP contribution in [0.1, 0.15) is 10.5 Å². The molecule has 0 fully saturated rings. The summed E-state index contributed by atoms with van der Waals surface area (Å²) in [5.41, 5.74) is 0.707. The average molecular weight is 294 g/mol. The number of anilines is 2. The molecule has 0 amide bonds. The van der Waals surface area contributed by atoms with Crippen molar-refractivity contribution in [1.82, 2.24) is 9.97 Å². The van der Waals surface area contributed by atoms with Gasteiger partial charge in [-0.15, -0.1) is 0 Å². The lowest BCUT2D eigenvalue weighted by molar-refractivity contribution is 0.0593. The number of halogens is 1. The van der Waals surface area contributed by atoms with Crippen molar-refractivity contribution in [2.45, 2.75) is 0 Å². The molecule has 1 heterocycles. The van der Waals surface area contributed by atoms with E-state index < -0.39 is 5.97 Å². The van der Waals surface area contributed by atoms with Gasteiger partial charge in [-0.05, 0) is 12.1 Å². The number of nitrogens with one attached hydrogen (secondary N) is 1. The zero-order valence-electron chi connectivity index (χ0n) is 10.9. The van der Waals surface area contributed by atoms with Crippen molar-refractivity contribution in [2.24, 2.45) is 0 Å². The summed E-state index contributed by atoms with van der Waals surface area (Å²) in [6.07, 6.45) is 2.80. The number of esters is 1. The van der Waals surface area contributed by atoms with Gasteiger partial charge in [0.25, 0.3) is 0 Å². The maximum absolute atomic E-state index is 11.4. The molecule has 0 atom stereocenters. The summed E-state index contributed by atoms with van der Waals surface area (Å²) in [7, 11) is 2.84. The Hall–Kier alpha value is -2.34. The molecular weight excluding hydrogens is 282 g/mol. The Bertz CT molecular complexity index is 634. The fourth-order valence-electron chi connectivity index (χ4n) is 1.49. The van der Waals surface area contributed by atoms with Gasteiger partial charge in [0.05, 0.1) is 37.3 Å². The van der Waals surface area contributed by atoms with Crippen molar-refractivity contribution < 1.29 is 14.3 Å². The first-order valence-corrected chi connectivity index (χ1v) is 6.02. The second-order valence-corrected chi connectivity index (χ2v) is 4.16. The normalized spacial score (nSPS) is 9.95. The van der Waals surface area contributed by atoms with Crippen LogP contribution in [0.4, 0.5) is 11.5 Å². The maximum atomic E-state index is 11.4. The molecule has 7 heteroatoms. The van der Waals surface area contributed by atoms with Gasteiger partial charge >= 0.3 is 5.97 Å². The summed E-state index contributed by atoms with van der Waals surface area (Å²) in [5, 5.41) is 3.47. The molecule has 1 aromatic heterocycles. The maximum Gasteiger partial charge on any atom is 0.358 e. The minimum atomic E-state index is -0.558. The second kappa shape index (κ2) is 6.21. The molecule has 0 aliphatic carbocycles. The number of methoxy groups -OCH3 is 2. The van der Waals surface area contributed by atoms with Crippen molar-refractivity contribution in [2.75, 3.05) is 19.5 Å². The zero-order chi connectivity index (χ0) is 14.5. The third-order valence-corrected chi connectivity index (χ3v) is 2.79. The quantitative estimate of drug-likeness (QED) is 0.874. The van der Waals surface area contributed by atoms with Gasteiger partial charge in [0.1, 0.15) is 11.6 Å². The predicted molar refractivity (Wildman–Crippen MR) is 74.7 cm³/mol. The van der Waals surface area contributed by atoms with Crippen LogP contribution in [-0.2, 0) is 4.74 Å². The number of aromatic nitrogens is 2. The van der Waals surface area contributed by atoms with Crippen LogP contribution in [0.15, 0.2) is 30.6 Å². The first-order chi connectivity index (χ1) is 9.63. The highest BCUT2D eigenvalue weighted by Gasteiger charge is 2.10. The van der Waals surface area contributed by atoms with E-state index in [1.807, 2.05) is 0 Å². The summed E-state index contributed by atoms with van der Waals surface area (Å²) in [6, 6.07) is 5.15. The number of hydrogen-bond donors (Lipinski definition) is 1. The summed E-state index contributed by atoms with van der Waals surface area (Å²) in [4.78, 5) is 19.4. The van der Waals surface area contributed by atoms with E-state index in [9.17, 15) is 4.79 Å². The van der Waals surface area contributed by atoms with Gasteiger partial charge in [0, 0.05) is 6.07 Å². The molecule has 0 aliphatic rings. The first-order valence-electron chi connectivity index (χ1n) is 5.65. The minimum Gasteiger partial charge on any atom is -0.497 e. The predicted octanol–water partition coefficient (Wildman–Crippen LogP) is 2.67. The van der Waals surface area contributed by atoms with E-state index >= 15 is 0 Å². The Kier molecular flexibility index (Phi) is 4.37. The van der Waals surface area contributed by atoms with Crippen molar-refractivity contribution >= 4 is 29.1 Å². The molecule has 20 heavy (non-hydrogen) atoms. The Labute approximate surface area is 120 Å². The molecule has 0 radical (unpaired) electrons. The number of hydrogen-bond acceptors (Lipinski definition) is 6. The third kappa shape index (κ3) is 3.16. The summed E-state index contributed by atoms with van der Waals surface area (Å²) < 4.78 is 9.70. The molecule has 0 unspecified atom stereocenters. The van der Waals surface area contributed by atoms with Gasteiger partial charge in [0.15, 0.2) is 5.69 Å². The van der Waals surface area contributed by atoms with Crippen LogP contribution in [0.2, 0.25) is 5.02 Å². The van der Waals surface area contributed by atoms with Crippen molar-refractivity contribution in [3.8, 4) is 5.75 Å². The highest BCUT2D eigenvalue weighted by atomic mass is 35.5. The van der Waals surface area contributed by atoms with Crippen LogP contribution in [0.5, 0.6) is 5.75 Å². The van der Waals surface area contributed by atoms with E-state index in [0.717, 1.165) is 0 Å². The largest absolute Gasteiger partial charge is 0.497 e. The standard InChI is InChI=1S/C13H12ClN3O3/c1-19-8-3-4-9(14)10(5-8)16-12-7-15-6-11(17-12)13(18)20-2/h3-7H,1-2H3,(H,16,17). The monoisotopic (exact) mass is 293 g/mol. The van der Waals surface area contributed by atoms with Crippen LogP contribution in [0.25, 0.3) is 0 Å². The van der Waals surface area contributed by atoms with Crippen LogP contribution >= 0.6 is 11.6 Å². The van der Waals surface area contributed by atoms with Gasteiger partial charge in [-0.25, -0.2) is 9.78 Å². The molecule has 0 saturated heterocycles. The highest BCUT2D eigenvalue weighted by Crippen LogP contribution is 2.28. The molecule has 104 valence electrons. The van der Waals surface area contributed by atoms with Gasteiger partial charge in [-0.2, -0.15) is 0 Å². The van der Waals surface area contributed by atoms with E-state index in [-0.39, 0.29) is 5.69 Å². The number of rotatable bonds is 4. The SMILES string of the molecule is COC(=O)c1cncc(Nc2cc(OC)ccc2Cl)n1. The molecule has 2 rings (SSSR count). The molecule has 1 aromatic carbocycles. The first kappa shape index (κ1) is 14.1. The van der Waals surface area contributed by atoms with Crippen molar-refractivity contribution in [1.29, 1.82) is 0 Å². The van der Waals surface area contributed by atoms with Gasteiger partial charge in [-0.3, -0.25) is 4.98 Å². The number of nitrogens with zero attached hydrogens (tertiary/aromatic N) is 2. The summed E-state index contributed by atoms with van der Waals surface area (Å²) >= 11 is 6.07. The lowest BCUT2D eigenvalue weighted by Gasteiger charge is -2.09. The Morgan fingerprint density at radius 2 is 2.10 bits per heavy atom. The van der Waals surface area contributed by atoms with Gasteiger partial charge < -0.3 is 14.8 Å². The van der Waals surface area contributed by atoms with Crippen LogP contribution in [0, 0.1) is 0 Å². The summed E-state index contributed by atoms with van der Waals surface area (Å²) in [5.74, 6) is 0.468. The Balaban J connectivity index is 2.28. The van der Waals surface area contributed by atoms with Gasteiger partial charge in [-0.1, -0.05) is 11.6 Å². The molecule has 0 aliphatic heterocycles. The molecule has 1 N–H and O–H groups in total. The van der Waals surface area contributed by atoms with Crippen LogP contribution in [-0.4, -0.2) is 30.2 Å². The smallest absolute Gasteiger partial charge is 0.358 e. The summed E-state index contributed by atoms with van der Waals surface area (Å²) in [6.45, 7) is 0. The fourth-order valence-corrected chi connectivity index (χ4v) is 1.66. The van der Waals surface area contributed by atoms with E-state index in [1.165, 1.54) is 19.5 Å². The van der Waals surface area contributed by atoms with Crippen molar-refractivity contribution in [3.63, 3.8) is 0 Å². The molecular formula is C13H12ClN3O3. The molecule has 0 saturated carbocycles. The number of ether oxygens (including phenoxy) is 2. The lowest BCUT2D eigenvalue weighted by Crippen LogP contribution is -2.06. The Morgan fingerprint density at radius 1 is 1.30 bits per heavy atom. The van der Waals surface area contributed by atoms with Gasteiger partial charge in [0.2, 0.25) is 0 Å². The van der Waals surface area contributed by atoms with Crippen molar-refractivity contribution in [3.05, 3.63) is 41.3 Å². The second-order valence-electron chi connectivity index (χ2n) is 3.75. The average Bonchev–Trinajstić information content (AvgIpc) is 2.49. The third-order valence-electron chi connectivity index (χ3n) is 2.47. The molecule has 0 bridgehead atoms. The molecule has 0 spiro atoms. The van der Waals surface area contributed by atoms with Crippen LogP contribution in [0.3, 0.4) is 0 Å². The lowest BCUT2D eigenvalue weighted by atomic mass is 10.3. The van der Waals surface area contributed by atoms with Crippen LogP contribution < -0.4 is 10.1 Å². The molecule has 2 aromatic rings. The van der Waals surface area contributed by atoms with E-state index in [1.54, 1.807) is 25.3 Å². The number of benzene rings is 1. The van der Waals surface area contributed by atoms with E-state index in [4.69, 9.17) is 16.3 Å². The zero-order valence-corrected chi connectivity index (χ0v) is 11.6. The van der Waals surface area contributed by atoms with E-state index in [0.29, 0.717) is 22.3 Å². The number of carbonyl (C=O) groups excluding carboxylic acids is 1. The molecule has 6 nitrogen and oxygen atoms in total. The fraction of sp³-hybridized carbons (Fsp3) is 0.154. The highest BCUT2D eigenvalue weighted by molar-refractivity contribution is 6.33. The topological polar surface area (TPSA) is 73.3 Å². The number of carbonyl (C=O) groups is 1. The van der Waals surface area contributed by atoms with E-state index in [2.05, 4.69) is 20.0 Å². The Morgan fingerprint density at radius 3 is 2.80 bits per heavy atom.